The number of pyridine rings is 1. The van der Waals surface area contributed by atoms with Crippen LogP contribution in [0, 0.1) is 0 Å². The summed E-state index contributed by atoms with van der Waals surface area (Å²) >= 11 is 0. The molecule has 5 heteroatoms. The average Bonchev–Trinajstić information content (AvgIpc) is 2.70. The smallest absolute Gasteiger partial charge is 0.0604 e. The van der Waals surface area contributed by atoms with Crippen molar-refractivity contribution >= 4 is 30.5 Å². The van der Waals surface area contributed by atoms with Crippen LogP contribution in [0.15, 0.2) is 18.3 Å². The van der Waals surface area contributed by atoms with E-state index in [2.05, 4.69) is 4.98 Å². The van der Waals surface area contributed by atoms with Gasteiger partial charge in [-0.2, -0.15) is 0 Å². The summed E-state index contributed by atoms with van der Waals surface area (Å²) < 4.78 is 0. The van der Waals surface area contributed by atoms with Gasteiger partial charge in [-0.3, -0.25) is 4.98 Å². The van der Waals surface area contributed by atoms with Crippen molar-refractivity contribution in [2.45, 2.75) is 18.4 Å². The predicted octanol–water partition coefficient (Wildman–Crippen LogP) is 1.46. The first-order valence-corrected chi connectivity index (χ1v) is 3.72. The fraction of sp³-hybridized carbons (Fsp3) is 0.375. The number of nitrogen functional groups attached to an aromatic ring is 1. The number of rotatable bonds is 1. The molecular weight excluding hydrogens is 209 g/mol. The number of hydrogen-bond donors (Lipinski definition) is 2. The molecule has 3 nitrogen and oxygen atoms in total. The Balaban J connectivity index is 0.000000720. The van der Waals surface area contributed by atoms with E-state index >= 15 is 0 Å². The maximum atomic E-state index is 5.91. The van der Waals surface area contributed by atoms with Gasteiger partial charge in [0.1, 0.15) is 0 Å². The van der Waals surface area contributed by atoms with E-state index in [4.69, 9.17) is 11.5 Å². The van der Waals surface area contributed by atoms with Gasteiger partial charge in [0.15, 0.2) is 0 Å². The molecule has 0 aromatic carbocycles. The SMILES string of the molecule is Cl.Cl.Nc1ccc(C2(N)CC2)nc1. The fourth-order valence-corrected chi connectivity index (χ4v) is 1.09. The molecular formula is C8H13Cl2N3. The van der Waals surface area contributed by atoms with Crippen LogP contribution in [0.25, 0.3) is 0 Å². The van der Waals surface area contributed by atoms with Gasteiger partial charge < -0.3 is 11.5 Å². The van der Waals surface area contributed by atoms with Crippen molar-refractivity contribution in [3.05, 3.63) is 24.0 Å². The van der Waals surface area contributed by atoms with Crippen LogP contribution in [-0.4, -0.2) is 4.98 Å². The van der Waals surface area contributed by atoms with E-state index in [9.17, 15) is 0 Å². The Bertz CT molecular complexity index is 269. The predicted molar refractivity (Wildman–Crippen MR) is 58.2 cm³/mol. The first-order valence-electron chi connectivity index (χ1n) is 3.72. The molecule has 1 aromatic rings. The molecule has 0 saturated heterocycles. The van der Waals surface area contributed by atoms with E-state index in [0.717, 1.165) is 18.5 Å². The van der Waals surface area contributed by atoms with Gasteiger partial charge in [-0.1, -0.05) is 0 Å². The third kappa shape index (κ3) is 2.46. The molecule has 1 fully saturated rings. The normalized spacial score (nSPS) is 16.7. The van der Waals surface area contributed by atoms with Crippen LogP contribution >= 0.6 is 24.8 Å². The zero-order valence-electron chi connectivity index (χ0n) is 7.06. The van der Waals surface area contributed by atoms with Crippen LogP contribution in [0.2, 0.25) is 0 Å². The monoisotopic (exact) mass is 221 g/mol. The quantitative estimate of drug-likeness (QED) is 0.755. The second-order valence-corrected chi connectivity index (χ2v) is 3.13. The topological polar surface area (TPSA) is 64.9 Å². The largest absolute Gasteiger partial charge is 0.397 e. The van der Waals surface area contributed by atoms with E-state index in [1.807, 2.05) is 12.1 Å². The molecule has 0 atom stereocenters. The minimum atomic E-state index is -0.131. The molecule has 4 N–H and O–H groups in total. The van der Waals surface area contributed by atoms with Gasteiger partial charge in [-0.25, -0.2) is 0 Å². The van der Waals surface area contributed by atoms with E-state index in [1.165, 1.54) is 0 Å². The Morgan fingerprint density at radius 1 is 1.23 bits per heavy atom. The zero-order chi connectivity index (χ0) is 7.90. The molecule has 1 aromatic heterocycles. The zero-order valence-corrected chi connectivity index (χ0v) is 8.70. The van der Waals surface area contributed by atoms with Crippen molar-refractivity contribution < 1.29 is 0 Å². The van der Waals surface area contributed by atoms with Crippen LogP contribution in [0.4, 0.5) is 5.69 Å². The van der Waals surface area contributed by atoms with Gasteiger partial charge in [0, 0.05) is 0 Å². The lowest BCUT2D eigenvalue weighted by molar-refractivity contribution is 0.708. The Morgan fingerprint density at radius 2 is 1.85 bits per heavy atom. The molecule has 1 aliphatic carbocycles. The van der Waals surface area contributed by atoms with Crippen molar-refractivity contribution in [3.8, 4) is 0 Å². The van der Waals surface area contributed by atoms with Crippen molar-refractivity contribution in [1.82, 2.24) is 4.98 Å². The molecule has 0 aliphatic heterocycles. The van der Waals surface area contributed by atoms with Crippen LogP contribution in [0.3, 0.4) is 0 Å². The summed E-state index contributed by atoms with van der Waals surface area (Å²) in [6, 6.07) is 3.75. The second-order valence-electron chi connectivity index (χ2n) is 3.13. The van der Waals surface area contributed by atoms with Crippen molar-refractivity contribution in [2.75, 3.05) is 5.73 Å². The molecule has 0 spiro atoms. The fourth-order valence-electron chi connectivity index (χ4n) is 1.09. The summed E-state index contributed by atoms with van der Waals surface area (Å²) in [6.07, 6.45) is 3.75. The van der Waals surface area contributed by atoms with E-state index < -0.39 is 0 Å². The van der Waals surface area contributed by atoms with Gasteiger partial charge in [-0.15, -0.1) is 24.8 Å². The highest BCUT2D eigenvalue weighted by atomic mass is 35.5. The van der Waals surface area contributed by atoms with Gasteiger partial charge in [0.05, 0.1) is 23.1 Å². The molecule has 2 rings (SSSR count). The maximum Gasteiger partial charge on any atom is 0.0604 e. The summed E-state index contributed by atoms with van der Waals surface area (Å²) in [5, 5.41) is 0. The molecule has 74 valence electrons. The molecule has 0 radical (unpaired) electrons. The lowest BCUT2D eigenvalue weighted by atomic mass is 10.2. The lowest BCUT2D eigenvalue weighted by Crippen LogP contribution is -2.20. The highest BCUT2D eigenvalue weighted by Gasteiger charge is 2.41. The summed E-state index contributed by atoms with van der Waals surface area (Å²) in [6.45, 7) is 0. The van der Waals surface area contributed by atoms with Gasteiger partial charge >= 0.3 is 0 Å². The van der Waals surface area contributed by atoms with Gasteiger partial charge in [0.25, 0.3) is 0 Å². The van der Waals surface area contributed by atoms with E-state index in [-0.39, 0.29) is 30.4 Å². The molecule has 0 amide bonds. The number of aromatic nitrogens is 1. The Labute approximate surface area is 89.7 Å². The number of nitrogens with two attached hydrogens (primary N) is 2. The van der Waals surface area contributed by atoms with E-state index in [1.54, 1.807) is 6.20 Å². The molecule has 1 saturated carbocycles. The highest BCUT2D eigenvalue weighted by Crippen LogP contribution is 2.41. The van der Waals surface area contributed by atoms with Crippen LogP contribution in [0.1, 0.15) is 18.5 Å². The molecule has 1 heterocycles. The first kappa shape index (κ1) is 12.5. The van der Waals surface area contributed by atoms with Crippen LogP contribution in [-0.2, 0) is 5.54 Å². The number of hydrogen-bond acceptors (Lipinski definition) is 3. The average molecular weight is 222 g/mol. The molecule has 0 bridgehead atoms. The third-order valence-electron chi connectivity index (χ3n) is 2.09. The van der Waals surface area contributed by atoms with E-state index in [0.29, 0.717) is 5.69 Å². The Morgan fingerprint density at radius 3 is 2.23 bits per heavy atom. The summed E-state index contributed by atoms with van der Waals surface area (Å²) in [4.78, 5) is 4.16. The summed E-state index contributed by atoms with van der Waals surface area (Å²) in [7, 11) is 0. The Kier molecular flexibility index (Phi) is 3.97. The summed E-state index contributed by atoms with van der Waals surface area (Å²) in [5.74, 6) is 0. The lowest BCUT2D eigenvalue weighted by Gasteiger charge is -2.06. The van der Waals surface area contributed by atoms with Gasteiger partial charge in [-0.05, 0) is 25.0 Å². The Hall–Kier alpha value is -0.510. The number of anilines is 1. The van der Waals surface area contributed by atoms with Crippen molar-refractivity contribution in [2.24, 2.45) is 5.73 Å². The maximum absolute atomic E-state index is 5.91. The van der Waals surface area contributed by atoms with Crippen LogP contribution < -0.4 is 11.5 Å². The second kappa shape index (κ2) is 4.13. The molecule has 13 heavy (non-hydrogen) atoms. The van der Waals surface area contributed by atoms with Gasteiger partial charge in [0.2, 0.25) is 0 Å². The first-order chi connectivity index (χ1) is 5.21. The number of halogens is 2. The van der Waals surface area contributed by atoms with Crippen molar-refractivity contribution in [3.63, 3.8) is 0 Å². The molecule has 0 unspecified atom stereocenters. The molecule has 1 aliphatic rings. The minimum Gasteiger partial charge on any atom is -0.397 e. The standard InChI is InChI=1S/C8H11N3.2ClH/c9-6-1-2-7(11-5-6)8(10)3-4-8;;/h1-2,5H,3-4,9-10H2;2*1H. The highest BCUT2D eigenvalue weighted by molar-refractivity contribution is 5.85. The van der Waals surface area contributed by atoms with Crippen LogP contribution in [0.5, 0.6) is 0 Å². The van der Waals surface area contributed by atoms with Crippen molar-refractivity contribution in [1.29, 1.82) is 0 Å². The third-order valence-corrected chi connectivity index (χ3v) is 2.09. The number of nitrogens with zero attached hydrogens (tertiary/aromatic N) is 1. The minimum absolute atomic E-state index is 0. The summed E-state index contributed by atoms with van der Waals surface area (Å²) in [5.41, 5.74) is 12.9.